The Morgan fingerprint density at radius 1 is 1.32 bits per heavy atom. The SMILES string of the molecule is Cc1ccn2nc(NCC3(C)CCCCC3)nc2c1. The maximum atomic E-state index is 4.53. The first kappa shape index (κ1) is 12.5. The Bertz CT molecular complexity index is 567. The number of nitrogens with zero attached hydrogens (tertiary/aromatic N) is 3. The number of anilines is 1. The zero-order valence-corrected chi connectivity index (χ0v) is 11.8. The highest BCUT2D eigenvalue weighted by Crippen LogP contribution is 2.35. The summed E-state index contributed by atoms with van der Waals surface area (Å²) in [5.41, 5.74) is 2.54. The summed E-state index contributed by atoms with van der Waals surface area (Å²) in [5, 5.41) is 7.88. The molecule has 0 unspecified atom stereocenters. The van der Waals surface area contributed by atoms with Crippen LogP contribution in [0.3, 0.4) is 0 Å². The predicted octanol–water partition coefficient (Wildman–Crippen LogP) is 3.42. The molecule has 1 aliphatic rings. The lowest BCUT2D eigenvalue weighted by Crippen LogP contribution is -2.29. The summed E-state index contributed by atoms with van der Waals surface area (Å²) in [6, 6.07) is 4.11. The molecular formula is C15H22N4. The average molecular weight is 258 g/mol. The number of aromatic nitrogens is 3. The summed E-state index contributed by atoms with van der Waals surface area (Å²) < 4.78 is 1.83. The van der Waals surface area contributed by atoms with Crippen LogP contribution in [0.1, 0.15) is 44.6 Å². The fourth-order valence-electron chi connectivity index (χ4n) is 2.93. The lowest BCUT2D eigenvalue weighted by Gasteiger charge is -2.33. The Morgan fingerprint density at radius 2 is 2.11 bits per heavy atom. The van der Waals surface area contributed by atoms with Gasteiger partial charge in [0, 0.05) is 12.7 Å². The van der Waals surface area contributed by atoms with Crippen LogP contribution in [0.2, 0.25) is 0 Å². The fraction of sp³-hybridized carbons (Fsp3) is 0.600. The van der Waals surface area contributed by atoms with Gasteiger partial charge in [-0.15, -0.1) is 5.10 Å². The molecule has 0 spiro atoms. The highest BCUT2D eigenvalue weighted by Gasteiger charge is 2.26. The maximum Gasteiger partial charge on any atom is 0.243 e. The highest BCUT2D eigenvalue weighted by atomic mass is 15.3. The van der Waals surface area contributed by atoms with Gasteiger partial charge in [0.05, 0.1) is 0 Å². The molecule has 4 nitrogen and oxygen atoms in total. The summed E-state index contributed by atoms with van der Waals surface area (Å²) >= 11 is 0. The van der Waals surface area contributed by atoms with E-state index in [0.29, 0.717) is 5.41 Å². The minimum Gasteiger partial charge on any atom is -0.352 e. The second-order valence-corrected chi connectivity index (χ2v) is 6.17. The second kappa shape index (κ2) is 4.83. The molecule has 1 saturated carbocycles. The quantitative estimate of drug-likeness (QED) is 0.917. The van der Waals surface area contributed by atoms with E-state index in [4.69, 9.17) is 0 Å². The molecular weight excluding hydrogens is 236 g/mol. The molecule has 1 N–H and O–H groups in total. The van der Waals surface area contributed by atoms with E-state index in [1.54, 1.807) is 0 Å². The van der Waals surface area contributed by atoms with Gasteiger partial charge in [0.15, 0.2) is 5.65 Å². The Balaban J connectivity index is 1.71. The number of nitrogens with one attached hydrogen (secondary N) is 1. The molecule has 0 aliphatic heterocycles. The summed E-state index contributed by atoms with van der Waals surface area (Å²) in [7, 11) is 0. The van der Waals surface area contributed by atoms with E-state index < -0.39 is 0 Å². The van der Waals surface area contributed by atoms with E-state index in [1.165, 1.54) is 37.7 Å². The minimum absolute atomic E-state index is 0.408. The first-order valence-corrected chi connectivity index (χ1v) is 7.22. The van der Waals surface area contributed by atoms with Crippen molar-refractivity contribution in [1.29, 1.82) is 0 Å². The van der Waals surface area contributed by atoms with E-state index in [2.05, 4.69) is 35.3 Å². The van der Waals surface area contributed by atoms with Crippen molar-refractivity contribution < 1.29 is 0 Å². The van der Waals surface area contributed by atoms with Crippen LogP contribution in [0.15, 0.2) is 18.3 Å². The summed E-state index contributed by atoms with van der Waals surface area (Å²) in [4.78, 5) is 4.53. The summed E-state index contributed by atoms with van der Waals surface area (Å²) in [6.45, 7) is 5.42. The number of rotatable bonds is 3. The first-order valence-electron chi connectivity index (χ1n) is 7.22. The Kier molecular flexibility index (Phi) is 3.17. The van der Waals surface area contributed by atoms with Crippen LogP contribution in [0, 0.1) is 12.3 Å². The van der Waals surface area contributed by atoms with Gasteiger partial charge in [-0.2, -0.15) is 4.98 Å². The Labute approximate surface area is 114 Å². The van der Waals surface area contributed by atoms with Crippen molar-refractivity contribution in [2.75, 3.05) is 11.9 Å². The number of fused-ring (bicyclic) bond motifs is 1. The normalized spacial score (nSPS) is 18.6. The molecule has 3 rings (SSSR count). The smallest absolute Gasteiger partial charge is 0.243 e. The zero-order chi connectivity index (χ0) is 13.3. The van der Waals surface area contributed by atoms with Crippen LogP contribution in [0.4, 0.5) is 5.95 Å². The van der Waals surface area contributed by atoms with Gasteiger partial charge in [-0.05, 0) is 42.9 Å². The third-order valence-electron chi connectivity index (χ3n) is 4.23. The van der Waals surface area contributed by atoms with Crippen molar-refractivity contribution >= 4 is 11.6 Å². The van der Waals surface area contributed by atoms with Gasteiger partial charge < -0.3 is 5.32 Å². The Morgan fingerprint density at radius 3 is 2.89 bits per heavy atom. The van der Waals surface area contributed by atoms with E-state index in [-0.39, 0.29) is 0 Å². The third kappa shape index (κ3) is 2.72. The molecule has 0 amide bonds. The van der Waals surface area contributed by atoms with Crippen LogP contribution >= 0.6 is 0 Å². The number of hydrogen-bond donors (Lipinski definition) is 1. The fourth-order valence-corrected chi connectivity index (χ4v) is 2.93. The number of hydrogen-bond acceptors (Lipinski definition) is 3. The van der Waals surface area contributed by atoms with Crippen molar-refractivity contribution in [3.05, 3.63) is 23.9 Å². The lowest BCUT2D eigenvalue weighted by molar-refractivity contribution is 0.233. The second-order valence-electron chi connectivity index (χ2n) is 6.17. The molecule has 2 heterocycles. The van der Waals surface area contributed by atoms with Crippen molar-refractivity contribution in [1.82, 2.24) is 14.6 Å². The molecule has 2 aromatic heterocycles. The average Bonchev–Trinajstić information content (AvgIpc) is 2.79. The molecule has 0 radical (unpaired) electrons. The van der Waals surface area contributed by atoms with Gasteiger partial charge >= 0.3 is 0 Å². The molecule has 102 valence electrons. The van der Waals surface area contributed by atoms with Gasteiger partial charge in [-0.3, -0.25) is 0 Å². The van der Waals surface area contributed by atoms with Crippen LogP contribution in [-0.2, 0) is 0 Å². The van der Waals surface area contributed by atoms with Crippen molar-refractivity contribution in [2.24, 2.45) is 5.41 Å². The summed E-state index contributed by atoms with van der Waals surface area (Å²) in [5.74, 6) is 0.748. The van der Waals surface area contributed by atoms with Crippen LogP contribution in [0.25, 0.3) is 5.65 Å². The van der Waals surface area contributed by atoms with Crippen molar-refractivity contribution in [3.63, 3.8) is 0 Å². The number of pyridine rings is 1. The van der Waals surface area contributed by atoms with Crippen molar-refractivity contribution in [2.45, 2.75) is 46.0 Å². The van der Waals surface area contributed by atoms with Crippen LogP contribution < -0.4 is 5.32 Å². The molecule has 0 atom stereocenters. The van der Waals surface area contributed by atoms with Crippen LogP contribution in [0.5, 0.6) is 0 Å². The third-order valence-corrected chi connectivity index (χ3v) is 4.23. The van der Waals surface area contributed by atoms with Gasteiger partial charge in [-0.25, -0.2) is 4.52 Å². The zero-order valence-electron chi connectivity index (χ0n) is 11.8. The monoisotopic (exact) mass is 258 g/mol. The van der Waals surface area contributed by atoms with E-state index in [1.807, 2.05) is 16.8 Å². The first-order chi connectivity index (χ1) is 9.15. The molecule has 4 heteroatoms. The lowest BCUT2D eigenvalue weighted by atomic mass is 9.76. The minimum atomic E-state index is 0.408. The number of aryl methyl sites for hydroxylation is 1. The predicted molar refractivity (Wildman–Crippen MR) is 77.4 cm³/mol. The molecule has 0 aromatic carbocycles. The van der Waals surface area contributed by atoms with E-state index in [9.17, 15) is 0 Å². The maximum absolute atomic E-state index is 4.53. The largest absolute Gasteiger partial charge is 0.352 e. The van der Waals surface area contributed by atoms with Gasteiger partial charge in [-0.1, -0.05) is 26.2 Å². The molecule has 0 bridgehead atoms. The topological polar surface area (TPSA) is 42.2 Å². The molecule has 0 saturated heterocycles. The highest BCUT2D eigenvalue weighted by molar-refractivity contribution is 5.45. The molecule has 1 fully saturated rings. The molecule has 19 heavy (non-hydrogen) atoms. The standard InChI is InChI=1S/C15H22N4/c1-12-6-9-19-13(10-12)17-14(18-19)16-11-15(2)7-4-3-5-8-15/h6,9-10H,3-5,7-8,11H2,1-2H3,(H,16,18). The molecule has 1 aliphatic carbocycles. The summed E-state index contributed by atoms with van der Waals surface area (Å²) in [6.07, 6.45) is 8.69. The van der Waals surface area contributed by atoms with Gasteiger partial charge in [0.1, 0.15) is 0 Å². The van der Waals surface area contributed by atoms with E-state index in [0.717, 1.165) is 18.1 Å². The Hall–Kier alpha value is -1.58. The van der Waals surface area contributed by atoms with Crippen molar-refractivity contribution in [3.8, 4) is 0 Å². The van der Waals surface area contributed by atoms with Gasteiger partial charge in [0.2, 0.25) is 5.95 Å². The van der Waals surface area contributed by atoms with Crippen LogP contribution in [-0.4, -0.2) is 21.1 Å². The van der Waals surface area contributed by atoms with E-state index >= 15 is 0 Å². The van der Waals surface area contributed by atoms with Gasteiger partial charge in [0.25, 0.3) is 0 Å². The molecule has 2 aromatic rings.